The third-order valence-electron chi connectivity index (χ3n) is 4.93. The maximum atomic E-state index is 13.1. The maximum Gasteiger partial charge on any atom is 0.313 e. The fraction of sp³-hybridized carbons (Fsp3) is 0.833. The van der Waals surface area contributed by atoms with Crippen molar-refractivity contribution in [3.05, 3.63) is 0 Å². The minimum Gasteiger partial charge on any atom is -0.481 e. The number of thioether (sulfide) groups is 1. The van der Waals surface area contributed by atoms with E-state index in [2.05, 4.69) is 0 Å². The summed E-state index contributed by atoms with van der Waals surface area (Å²) in [4.78, 5) is 40.8. The van der Waals surface area contributed by atoms with Crippen molar-refractivity contribution in [2.75, 3.05) is 38.4 Å². The predicted molar refractivity (Wildman–Crippen MR) is 99.8 cm³/mol. The normalized spacial score (nSPS) is 26.8. The number of methoxy groups -OCH3 is 1. The Morgan fingerprint density at radius 2 is 2.00 bits per heavy atom. The number of amides is 2. The summed E-state index contributed by atoms with van der Waals surface area (Å²) in [5.41, 5.74) is -1.20. The number of carboxylic acids is 1. The average molecular weight is 387 g/mol. The van der Waals surface area contributed by atoms with Crippen molar-refractivity contribution >= 4 is 29.5 Å². The van der Waals surface area contributed by atoms with Crippen molar-refractivity contribution in [2.45, 2.75) is 46.1 Å². The fourth-order valence-corrected chi connectivity index (χ4v) is 4.78. The second-order valence-electron chi connectivity index (χ2n) is 8.50. The van der Waals surface area contributed by atoms with E-state index < -0.39 is 17.4 Å². The summed E-state index contributed by atoms with van der Waals surface area (Å²) in [7, 11) is 1.48. The van der Waals surface area contributed by atoms with E-state index in [-0.39, 0.29) is 30.4 Å². The van der Waals surface area contributed by atoms with Crippen LogP contribution in [0.1, 0.15) is 40.0 Å². The van der Waals surface area contributed by atoms with Gasteiger partial charge in [-0.1, -0.05) is 20.8 Å². The number of likely N-dealkylation sites (tertiary alicyclic amines) is 1. The second-order valence-corrected chi connectivity index (χ2v) is 9.50. The van der Waals surface area contributed by atoms with Crippen molar-refractivity contribution < 1.29 is 24.2 Å². The zero-order valence-electron chi connectivity index (χ0n) is 16.1. The molecule has 1 N–H and O–H groups in total. The third kappa shape index (κ3) is 4.71. The first-order chi connectivity index (χ1) is 12.1. The van der Waals surface area contributed by atoms with Gasteiger partial charge in [0.1, 0.15) is 11.5 Å². The topological polar surface area (TPSA) is 87.2 Å². The van der Waals surface area contributed by atoms with Gasteiger partial charge in [-0.15, -0.1) is 11.8 Å². The number of hydrogen-bond acceptors (Lipinski definition) is 5. The Kier molecular flexibility index (Phi) is 6.60. The van der Waals surface area contributed by atoms with Crippen LogP contribution in [0.4, 0.5) is 0 Å². The smallest absolute Gasteiger partial charge is 0.313 e. The van der Waals surface area contributed by atoms with E-state index in [4.69, 9.17) is 4.74 Å². The number of rotatable bonds is 5. The fourth-order valence-electron chi connectivity index (χ4n) is 3.61. The first-order valence-corrected chi connectivity index (χ1v) is 10.1. The highest BCUT2D eigenvalue weighted by atomic mass is 32.2. The minimum absolute atomic E-state index is 0.0146. The molecule has 0 aliphatic carbocycles. The molecule has 2 aliphatic heterocycles. The number of carbonyl (C=O) groups excluding carboxylic acids is 2. The number of ether oxygens (including phenoxy) is 1. The summed E-state index contributed by atoms with van der Waals surface area (Å²) in [6.07, 6.45) is 1.50. The van der Waals surface area contributed by atoms with Gasteiger partial charge in [-0.25, -0.2) is 0 Å². The van der Waals surface area contributed by atoms with E-state index in [1.54, 1.807) is 21.6 Å². The summed E-state index contributed by atoms with van der Waals surface area (Å²) in [6, 6.07) is -0.498. The summed E-state index contributed by atoms with van der Waals surface area (Å²) in [5, 5.41) is 9.67. The van der Waals surface area contributed by atoms with Gasteiger partial charge in [0.2, 0.25) is 11.8 Å². The third-order valence-corrected chi connectivity index (χ3v) is 5.94. The van der Waals surface area contributed by atoms with Crippen LogP contribution in [0.2, 0.25) is 0 Å². The van der Waals surface area contributed by atoms with Crippen LogP contribution >= 0.6 is 11.8 Å². The highest BCUT2D eigenvalue weighted by Crippen LogP contribution is 2.33. The second kappa shape index (κ2) is 8.17. The molecule has 148 valence electrons. The number of hydrogen-bond donors (Lipinski definition) is 1. The lowest BCUT2D eigenvalue weighted by atomic mass is 9.80. The molecule has 26 heavy (non-hydrogen) atoms. The highest BCUT2D eigenvalue weighted by Gasteiger charge is 2.46. The predicted octanol–water partition coefficient (Wildman–Crippen LogP) is 1.66. The zero-order chi connectivity index (χ0) is 19.5. The van der Waals surface area contributed by atoms with Gasteiger partial charge in [-0.3, -0.25) is 14.4 Å². The minimum atomic E-state index is -1.06. The van der Waals surface area contributed by atoms with Crippen LogP contribution in [0.3, 0.4) is 0 Å². The highest BCUT2D eigenvalue weighted by molar-refractivity contribution is 7.99. The molecule has 8 heteroatoms. The molecule has 0 aromatic carbocycles. The molecule has 2 fully saturated rings. The van der Waals surface area contributed by atoms with E-state index in [1.807, 2.05) is 20.8 Å². The molecule has 0 radical (unpaired) electrons. The summed E-state index contributed by atoms with van der Waals surface area (Å²) in [6.45, 7) is 6.75. The summed E-state index contributed by atoms with van der Waals surface area (Å²) >= 11 is 1.57. The van der Waals surface area contributed by atoms with Gasteiger partial charge in [0.05, 0.1) is 12.5 Å². The lowest BCUT2D eigenvalue weighted by Crippen LogP contribution is -2.56. The first kappa shape index (κ1) is 21.0. The lowest BCUT2D eigenvalue weighted by molar-refractivity contribution is -0.161. The molecule has 2 amide bonds. The number of carbonyl (C=O) groups is 3. The number of piperidine rings is 1. The quantitative estimate of drug-likeness (QED) is 0.773. The van der Waals surface area contributed by atoms with Gasteiger partial charge in [0.25, 0.3) is 0 Å². The number of carboxylic acid groups (broad SMARTS) is 1. The van der Waals surface area contributed by atoms with E-state index >= 15 is 0 Å². The van der Waals surface area contributed by atoms with Crippen LogP contribution in [0, 0.1) is 10.8 Å². The van der Waals surface area contributed by atoms with Crippen LogP contribution in [0.5, 0.6) is 0 Å². The van der Waals surface area contributed by atoms with Crippen molar-refractivity contribution in [3.8, 4) is 0 Å². The van der Waals surface area contributed by atoms with Crippen LogP contribution in [0.15, 0.2) is 0 Å². The van der Waals surface area contributed by atoms with Gasteiger partial charge in [0, 0.05) is 32.4 Å². The van der Waals surface area contributed by atoms with Crippen LogP contribution in [-0.2, 0) is 19.1 Å². The average Bonchev–Trinajstić information content (AvgIpc) is 3.02. The van der Waals surface area contributed by atoms with Crippen LogP contribution in [0.25, 0.3) is 0 Å². The molecule has 2 heterocycles. The van der Waals surface area contributed by atoms with E-state index in [9.17, 15) is 19.5 Å². The summed E-state index contributed by atoms with van der Waals surface area (Å²) in [5.74, 6) is -0.00658. The largest absolute Gasteiger partial charge is 0.481 e. The SMILES string of the molecule is COCC1(C(=O)O)CCCN(C(=O)C2CSCN2C(=O)CC(C)(C)C)C1. The molecule has 0 saturated carbocycles. The van der Waals surface area contributed by atoms with Crippen LogP contribution in [-0.4, -0.2) is 77.2 Å². The van der Waals surface area contributed by atoms with E-state index in [0.29, 0.717) is 37.4 Å². The van der Waals surface area contributed by atoms with Gasteiger partial charge in [0.15, 0.2) is 0 Å². The molecular formula is C18H30N2O5S. The Hall–Kier alpha value is -1.28. The Morgan fingerprint density at radius 1 is 1.31 bits per heavy atom. The zero-order valence-corrected chi connectivity index (χ0v) is 16.9. The molecule has 2 aliphatic rings. The molecule has 2 saturated heterocycles. The molecular weight excluding hydrogens is 356 g/mol. The Bertz CT molecular complexity index is 558. The van der Waals surface area contributed by atoms with E-state index in [1.165, 1.54) is 7.11 Å². The number of nitrogens with zero attached hydrogens (tertiary/aromatic N) is 2. The van der Waals surface area contributed by atoms with E-state index in [0.717, 1.165) is 0 Å². The monoisotopic (exact) mass is 386 g/mol. The first-order valence-electron chi connectivity index (χ1n) is 8.98. The summed E-state index contributed by atoms with van der Waals surface area (Å²) < 4.78 is 5.13. The van der Waals surface area contributed by atoms with Crippen molar-refractivity contribution in [1.82, 2.24) is 9.80 Å². The lowest BCUT2D eigenvalue weighted by Gasteiger charge is -2.41. The Morgan fingerprint density at radius 3 is 2.58 bits per heavy atom. The van der Waals surface area contributed by atoms with Crippen molar-refractivity contribution in [3.63, 3.8) is 0 Å². The van der Waals surface area contributed by atoms with Gasteiger partial charge in [-0.05, 0) is 18.3 Å². The van der Waals surface area contributed by atoms with Gasteiger partial charge >= 0.3 is 5.97 Å². The molecule has 0 aromatic rings. The van der Waals surface area contributed by atoms with Crippen LogP contribution < -0.4 is 0 Å². The molecule has 2 atom stereocenters. The maximum absolute atomic E-state index is 13.1. The molecule has 2 unspecified atom stereocenters. The molecule has 0 spiro atoms. The molecule has 0 bridgehead atoms. The molecule has 2 rings (SSSR count). The molecule has 0 aromatic heterocycles. The van der Waals surface area contributed by atoms with Gasteiger partial charge < -0.3 is 19.6 Å². The molecule has 7 nitrogen and oxygen atoms in total. The Labute approximate surface area is 159 Å². The van der Waals surface area contributed by atoms with Gasteiger partial charge in [-0.2, -0.15) is 0 Å². The van der Waals surface area contributed by atoms with Crippen molar-refractivity contribution in [2.24, 2.45) is 10.8 Å². The van der Waals surface area contributed by atoms with Crippen molar-refractivity contribution in [1.29, 1.82) is 0 Å². The number of aliphatic carboxylic acids is 1. The Balaban J connectivity index is 2.11. The standard InChI is InChI=1S/C18H30N2O5S/c1-17(2,3)8-14(21)20-12-26-9-13(20)15(22)19-7-5-6-18(10-19,11-25-4)16(23)24/h13H,5-12H2,1-4H3,(H,23,24).